The maximum absolute atomic E-state index is 12.6. The highest BCUT2D eigenvalue weighted by Crippen LogP contribution is 2.26. The van der Waals surface area contributed by atoms with Crippen LogP contribution in [0.2, 0.25) is 0 Å². The Labute approximate surface area is 129 Å². The van der Waals surface area contributed by atoms with Crippen molar-refractivity contribution in [2.75, 3.05) is 10.5 Å². The highest BCUT2D eigenvalue weighted by atomic mass is 79.9. The van der Waals surface area contributed by atoms with Crippen molar-refractivity contribution in [3.05, 3.63) is 47.3 Å². The largest absolute Gasteiger partial charge is 0.381 e. The molecule has 0 atom stereocenters. The van der Waals surface area contributed by atoms with Crippen molar-refractivity contribution in [3.8, 4) is 0 Å². The second-order valence-electron chi connectivity index (χ2n) is 4.19. The summed E-state index contributed by atoms with van der Waals surface area (Å²) in [7, 11) is -3.88. The van der Waals surface area contributed by atoms with Crippen molar-refractivity contribution >= 4 is 43.1 Å². The van der Waals surface area contributed by atoms with Crippen LogP contribution in [-0.2, 0) is 10.0 Å². The number of aromatic nitrogens is 3. The summed E-state index contributed by atoms with van der Waals surface area (Å²) < 4.78 is 29.5. The minimum absolute atomic E-state index is 0.0566. The summed E-state index contributed by atoms with van der Waals surface area (Å²) >= 11 is 3.24. The maximum atomic E-state index is 12.6. The quantitative estimate of drug-likeness (QED) is 0.735. The molecule has 0 radical (unpaired) electrons. The first-order valence-corrected chi connectivity index (χ1v) is 8.11. The van der Waals surface area contributed by atoms with Crippen molar-refractivity contribution in [2.45, 2.75) is 5.03 Å². The number of fused-ring (bicyclic) bond motifs is 1. The summed E-state index contributed by atoms with van der Waals surface area (Å²) in [5.41, 5.74) is 6.59. The molecule has 108 valence electrons. The first kappa shape index (κ1) is 13.8. The third kappa shape index (κ3) is 2.45. The van der Waals surface area contributed by atoms with E-state index in [0.29, 0.717) is 15.8 Å². The number of imidazole rings is 1. The smallest absolute Gasteiger partial charge is 0.281 e. The monoisotopic (exact) mass is 367 g/mol. The SMILES string of the molecule is Nc1nc2ccccn2c1S(=O)(=O)Nc1ccncc1Br. The molecule has 0 unspecified atom stereocenters. The Morgan fingerprint density at radius 3 is 2.86 bits per heavy atom. The molecule has 0 amide bonds. The molecular weight excluding hydrogens is 358 g/mol. The van der Waals surface area contributed by atoms with Gasteiger partial charge >= 0.3 is 0 Å². The molecule has 21 heavy (non-hydrogen) atoms. The molecular formula is C12H10BrN5O2S. The van der Waals surface area contributed by atoms with Crippen molar-refractivity contribution in [3.63, 3.8) is 0 Å². The van der Waals surface area contributed by atoms with Crippen molar-refractivity contribution in [2.24, 2.45) is 0 Å². The lowest BCUT2D eigenvalue weighted by atomic mass is 10.4. The van der Waals surface area contributed by atoms with Crippen LogP contribution in [0.1, 0.15) is 0 Å². The fourth-order valence-electron chi connectivity index (χ4n) is 1.91. The number of hydrogen-bond acceptors (Lipinski definition) is 5. The minimum atomic E-state index is -3.88. The van der Waals surface area contributed by atoms with Crippen LogP contribution < -0.4 is 10.5 Å². The van der Waals surface area contributed by atoms with Gasteiger partial charge in [0.15, 0.2) is 5.82 Å². The number of nitrogens with two attached hydrogens (primary N) is 1. The predicted molar refractivity (Wildman–Crippen MR) is 82.3 cm³/mol. The molecule has 0 aromatic carbocycles. The zero-order valence-corrected chi connectivity index (χ0v) is 13.0. The average Bonchev–Trinajstić information content (AvgIpc) is 2.77. The molecule has 3 heterocycles. The number of hydrogen-bond donors (Lipinski definition) is 2. The Hall–Kier alpha value is -2.13. The number of halogens is 1. The van der Waals surface area contributed by atoms with Crippen LogP contribution in [0.5, 0.6) is 0 Å². The van der Waals surface area contributed by atoms with Gasteiger partial charge in [0.1, 0.15) is 5.65 Å². The van der Waals surface area contributed by atoms with Gasteiger partial charge in [0.25, 0.3) is 10.0 Å². The van der Waals surface area contributed by atoms with E-state index in [9.17, 15) is 8.42 Å². The Morgan fingerprint density at radius 2 is 2.10 bits per heavy atom. The highest BCUT2D eigenvalue weighted by Gasteiger charge is 2.24. The molecule has 0 saturated carbocycles. The Balaban J connectivity index is 2.13. The third-order valence-electron chi connectivity index (χ3n) is 2.78. The normalized spacial score (nSPS) is 11.7. The fraction of sp³-hybridized carbons (Fsp3) is 0. The summed E-state index contributed by atoms with van der Waals surface area (Å²) in [5, 5.41) is -0.0955. The Morgan fingerprint density at radius 1 is 1.29 bits per heavy atom. The lowest BCUT2D eigenvalue weighted by Crippen LogP contribution is -2.17. The summed E-state index contributed by atoms with van der Waals surface area (Å²) in [5.74, 6) is -0.0566. The highest BCUT2D eigenvalue weighted by molar-refractivity contribution is 9.10. The zero-order chi connectivity index (χ0) is 15.0. The molecule has 3 aromatic heterocycles. The molecule has 9 heteroatoms. The van der Waals surface area contributed by atoms with Crippen LogP contribution in [-0.4, -0.2) is 22.8 Å². The Bertz CT molecular complexity index is 922. The molecule has 0 aliphatic heterocycles. The molecule has 0 spiro atoms. The topological polar surface area (TPSA) is 102 Å². The van der Waals surface area contributed by atoms with Gasteiger partial charge in [-0.05, 0) is 34.1 Å². The number of nitrogens with one attached hydrogen (secondary N) is 1. The van der Waals surface area contributed by atoms with E-state index in [4.69, 9.17) is 5.73 Å². The Kier molecular flexibility index (Phi) is 3.30. The van der Waals surface area contributed by atoms with Gasteiger partial charge in [-0.15, -0.1) is 0 Å². The summed E-state index contributed by atoms with van der Waals surface area (Å²) in [4.78, 5) is 7.92. The molecule has 3 N–H and O–H groups in total. The molecule has 0 fully saturated rings. The van der Waals surface area contributed by atoms with Crippen molar-refractivity contribution < 1.29 is 8.42 Å². The van der Waals surface area contributed by atoms with E-state index in [0.717, 1.165) is 0 Å². The van der Waals surface area contributed by atoms with E-state index in [2.05, 4.69) is 30.6 Å². The van der Waals surface area contributed by atoms with E-state index >= 15 is 0 Å². The molecule has 0 bridgehead atoms. The van der Waals surface area contributed by atoms with Crippen LogP contribution in [0.4, 0.5) is 11.5 Å². The van der Waals surface area contributed by atoms with Gasteiger partial charge < -0.3 is 5.73 Å². The standard InChI is InChI=1S/C12H10BrN5O2S/c13-8-7-15-5-4-9(8)17-21(19,20)12-11(14)16-10-3-1-2-6-18(10)12/h1-7H,14H2,(H,15,17). The van der Waals surface area contributed by atoms with Crippen molar-refractivity contribution in [1.29, 1.82) is 0 Å². The number of anilines is 2. The first-order chi connectivity index (χ1) is 9.99. The molecule has 3 aromatic rings. The lowest BCUT2D eigenvalue weighted by Gasteiger charge is -2.09. The maximum Gasteiger partial charge on any atom is 0.281 e. The average molecular weight is 368 g/mol. The predicted octanol–water partition coefficient (Wildman–Crippen LogP) is 1.87. The number of rotatable bonds is 3. The molecule has 3 rings (SSSR count). The van der Waals surface area contributed by atoms with Gasteiger partial charge in [0.05, 0.1) is 10.2 Å². The van der Waals surface area contributed by atoms with E-state index < -0.39 is 10.0 Å². The van der Waals surface area contributed by atoms with Crippen LogP contribution in [0.3, 0.4) is 0 Å². The second kappa shape index (κ2) is 5.01. The van der Waals surface area contributed by atoms with Gasteiger partial charge in [-0.25, -0.2) is 4.98 Å². The first-order valence-electron chi connectivity index (χ1n) is 5.84. The number of nitrogen functional groups attached to an aromatic ring is 1. The fourth-order valence-corrected chi connectivity index (χ4v) is 3.69. The van der Waals surface area contributed by atoms with Gasteiger partial charge in [0, 0.05) is 18.6 Å². The molecule has 0 aliphatic rings. The van der Waals surface area contributed by atoms with Crippen molar-refractivity contribution in [1.82, 2.24) is 14.4 Å². The minimum Gasteiger partial charge on any atom is -0.381 e. The molecule has 7 nitrogen and oxygen atoms in total. The van der Waals surface area contributed by atoms with E-state index in [-0.39, 0.29) is 10.8 Å². The number of sulfonamides is 1. The van der Waals surface area contributed by atoms with Gasteiger partial charge in [0.2, 0.25) is 5.03 Å². The van der Waals surface area contributed by atoms with Crippen LogP contribution >= 0.6 is 15.9 Å². The summed E-state index contributed by atoms with van der Waals surface area (Å²) in [6.45, 7) is 0. The number of nitrogens with zero attached hydrogens (tertiary/aromatic N) is 3. The number of pyridine rings is 2. The lowest BCUT2D eigenvalue weighted by molar-refractivity contribution is 0.597. The van der Waals surface area contributed by atoms with Crippen LogP contribution in [0.15, 0.2) is 52.4 Å². The van der Waals surface area contributed by atoms with E-state index in [1.165, 1.54) is 16.8 Å². The van der Waals surface area contributed by atoms with Gasteiger partial charge in [-0.1, -0.05) is 6.07 Å². The summed E-state index contributed by atoms with van der Waals surface area (Å²) in [6, 6.07) is 6.68. The second-order valence-corrected chi connectivity index (χ2v) is 6.64. The summed E-state index contributed by atoms with van der Waals surface area (Å²) in [6.07, 6.45) is 4.57. The molecule has 0 aliphatic carbocycles. The van der Waals surface area contributed by atoms with E-state index in [1.807, 2.05) is 0 Å². The molecule has 0 saturated heterocycles. The zero-order valence-electron chi connectivity index (χ0n) is 10.6. The van der Waals surface area contributed by atoms with Crippen LogP contribution in [0, 0.1) is 0 Å². The van der Waals surface area contributed by atoms with E-state index in [1.54, 1.807) is 30.5 Å². The van der Waals surface area contributed by atoms with Crippen LogP contribution in [0.25, 0.3) is 5.65 Å². The third-order valence-corrected chi connectivity index (χ3v) is 4.82. The van der Waals surface area contributed by atoms with Gasteiger partial charge in [-0.2, -0.15) is 8.42 Å². The van der Waals surface area contributed by atoms with Gasteiger partial charge in [-0.3, -0.25) is 14.1 Å².